The lowest BCUT2D eigenvalue weighted by atomic mass is 10.1. The van der Waals surface area contributed by atoms with Crippen molar-refractivity contribution in [3.8, 4) is 11.3 Å². The van der Waals surface area contributed by atoms with Crippen molar-refractivity contribution in [3.63, 3.8) is 0 Å². The van der Waals surface area contributed by atoms with Gasteiger partial charge in [0.05, 0.1) is 31.2 Å². The second-order valence-electron chi connectivity index (χ2n) is 5.63. The summed E-state index contributed by atoms with van der Waals surface area (Å²) >= 11 is 5.13. The van der Waals surface area contributed by atoms with Crippen LogP contribution in [0.25, 0.3) is 11.3 Å². The lowest BCUT2D eigenvalue weighted by Crippen LogP contribution is -2.31. The van der Waals surface area contributed by atoms with Crippen molar-refractivity contribution in [2.45, 2.75) is 13.5 Å². The minimum absolute atomic E-state index is 0.344. The Morgan fingerprint density at radius 2 is 2.04 bits per heavy atom. The van der Waals surface area contributed by atoms with E-state index >= 15 is 0 Å². The Labute approximate surface area is 167 Å². The number of carbonyl (C=O) groups is 1. The molecule has 2 N–H and O–H groups in total. The van der Waals surface area contributed by atoms with E-state index in [9.17, 15) is 4.79 Å². The SMILES string of the molecule is CCOC(=O)c1ccc(-c2ccc(/C=N\NC(=S)NCc3ccco3)o2)cc1. The zero-order valence-corrected chi connectivity index (χ0v) is 16.0. The van der Waals surface area contributed by atoms with Crippen molar-refractivity contribution in [3.05, 3.63) is 71.9 Å². The van der Waals surface area contributed by atoms with Gasteiger partial charge in [0.15, 0.2) is 5.11 Å². The van der Waals surface area contributed by atoms with Gasteiger partial charge >= 0.3 is 5.97 Å². The molecule has 28 heavy (non-hydrogen) atoms. The van der Waals surface area contributed by atoms with Crippen LogP contribution < -0.4 is 10.7 Å². The van der Waals surface area contributed by atoms with Gasteiger partial charge in [0.2, 0.25) is 0 Å². The molecule has 0 aliphatic rings. The Morgan fingerprint density at radius 1 is 1.21 bits per heavy atom. The van der Waals surface area contributed by atoms with Gasteiger partial charge in [0.1, 0.15) is 17.3 Å². The molecule has 0 aliphatic carbocycles. The number of hydrogen-bond acceptors (Lipinski definition) is 6. The average molecular weight is 397 g/mol. The van der Waals surface area contributed by atoms with Gasteiger partial charge in [-0.05, 0) is 55.5 Å². The third-order valence-electron chi connectivity index (χ3n) is 3.67. The standard InChI is InChI=1S/C20H19N3O4S/c1-2-25-19(24)15-7-5-14(6-8-15)18-10-9-17(27-18)13-22-23-20(28)21-12-16-4-3-11-26-16/h3-11,13H,2,12H2,1H3,(H2,21,23,28)/b22-13-. The first-order chi connectivity index (χ1) is 13.7. The summed E-state index contributed by atoms with van der Waals surface area (Å²) in [5, 5.41) is 7.38. The van der Waals surface area contributed by atoms with Gasteiger partial charge in [-0.2, -0.15) is 5.10 Å². The van der Waals surface area contributed by atoms with E-state index in [1.165, 1.54) is 6.21 Å². The van der Waals surface area contributed by atoms with E-state index in [-0.39, 0.29) is 5.97 Å². The van der Waals surface area contributed by atoms with Crippen LogP contribution in [-0.2, 0) is 11.3 Å². The van der Waals surface area contributed by atoms with E-state index in [1.807, 2.05) is 18.2 Å². The lowest BCUT2D eigenvalue weighted by molar-refractivity contribution is 0.0526. The van der Waals surface area contributed by atoms with Crippen LogP contribution in [0, 0.1) is 0 Å². The van der Waals surface area contributed by atoms with Crippen LogP contribution >= 0.6 is 12.2 Å². The molecule has 3 aromatic rings. The summed E-state index contributed by atoms with van der Waals surface area (Å²) in [6.45, 7) is 2.59. The van der Waals surface area contributed by atoms with E-state index in [4.69, 9.17) is 25.8 Å². The van der Waals surface area contributed by atoms with Gasteiger partial charge in [-0.25, -0.2) is 4.79 Å². The lowest BCUT2D eigenvalue weighted by Gasteiger charge is -2.04. The van der Waals surface area contributed by atoms with E-state index in [0.717, 1.165) is 11.3 Å². The molecular weight excluding hydrogens is 378 g/mol. The van der Waals surface area contributed by atoms with Crippen molar-refractivity contribution in [2.75, 3.05) is 6.61 Å². The van der Waals surface area contributed by atoms with Gasteiger partial charge in [-0.3, -0.25) is 5.43 Å². The maximum atomic E-state index is 11.7. The number of esters is 1. The Kier molecular flexibility index (Phi) is 6.59. The van der Waals surface area contributed by atoms with Gasteiger partial charge in [-0.1, -0.05) is 12.1 Å². The van der Waals surface area contributed by atoms with Crippen LogP contribution in [0.1, 0.15) is 28.8 Å². The van der Waals surface area contributed by atoms with Crippen LogP contribution in [0.4, 0.5) is 0 Å². The fourth-order valence-corrected chi connectivity index (χ4v) is 2.46. The monoisotopic (exact) mass is 397 g/mol. The van der Waals surface area contributed by atoms with Crippen LogP contribution in [0.5, 0.6) is 0 Å². The Morgan fingerprint density at radius 3 is 2.75 bits per heavy atom. The molecule has 0 radical (unpaired) electrons. The first-order valence-corrected chi connectivity index (χ1v) is 9.03. The number of furan rings is 2. The first-order valence-electron chi connectivity index (χ1n) is 8.62. The molecule has 8 heteroatoms. The maximum Gasteiger partial charge on any atom is 0.338 e. The van der Waals surface area contributed by atoms with Gasteiger partial charge in [0.25, 0.3) is 0 Å². The predicted octanol–water partition coefficient (Wildman–Crippen LogP) is 3.71. The molecule has 1 aromatic carbocycles. The largest absolute Gasteiger partial charge is 0.467 e. The fourth-order valence-electron chi connectivity index (χ4n) is 2.34. The predicted molar refractivity (Wildman–Crippen MR) is 109 cm³/mol. The fraction of sp³-hybridized carbons (Fsp3) is 0.150. The Bertz CT molecular complexity index is 946. The number of benzene rings is 1. The average Bonchev–Trinajstić information content (AvgIpc) is 3.39. The number of hydrogen-bond donors (Lipinski definition) is 2. The van der Waals surface area contributed by atoms with Gasteiger partial charge in [-0.15, -0.1) is 0 Å². The van der Waals surface area contributed by atoms with Gasteiger partial charge < -0.3 is 18.9 Å². The summed E-state index contributed by atoms with van der Waals surface area (Å²) < 4.78 is 15.9. The summed E-state index contributed by atoms with van der Waals surface area (Å²) in [6, 6.07) is 14.3. The Hall–Kier alpha value is -3.39. The smallest absolute Gasteiger partial charge is 0.338 e. The summed E-state index contributed by atoms with van der Waals surface area (Å²) in [4.78, 5) is 11.7. The van der Waals surface area contributed by atoms with Crippen molar-refractivity contribution >= 4 is 29.5 Å². The quantitative estimate of drug-likeness (QED) is 0.272. The summed E-state index contributed by atoms with van der Waals surface area (Å²) in [5.74, 6) is 1.66. The summed E-state index contributed by atoms with van der Waals surface area (Å²) in [5.41, 5.74) is 4.05. The summed E-state index contributed by atoms with van der Waals surface area (Å²) in [6.07, 6.45) is 3.13. The van der Waals surface area contributed by atoms with Crippen molar-refractivity contribution in [1.29, 1.82) is 0 Å². The topological polar surface area (TPSA) is 89.0 Å². The van der Waals surface area contributed by atoms with E-state index in [0.29, 0.717) is 35.3 Å². The molecule has 0 amide bonds. The number of nitrogens with zero attached hydrogens (tertiary/aromatic N) is 1. The highest BCUT2D eigenvalue weighted by molar-refractivity contribution is 7.80. The number of nitrogens with one attached hydrogen (secondary N) is 2. The normalized spacial score (nSPS) is 10.8. The molecule has 0 saturated heterocycles. The molecule has 2 heterocycles. The molecule has 0 unspecified atom stereocenters. The van der Waals surface area contributed by atoms with E-state index in [2.05, 4.69) is 15.8 Å². The molecule has 0 bridgehead atoms. The highest BCUT2D eigenvalue weighted by Gasteiger charge is 2.08. The third kappa shape index (κ3) is 5.31. The zero-order valence-electron chi connectivity index (χ0n) is 15.2. The second-order valence-corrected chi connectivity index (χ2v) is 6.04. The molecule has 2 aromatic heterocycles. The van der Waals surface area contributed by atoms with Crippen molar-refractivity contribution < 1.29 is 18.4 Å². The minimum atomic E-state index is -0.344. The molecule has 144 valence electrons. The first kappa shape index (κ1) is 19.4. The number of ether oxygens (including phenoxy) is 1. The molecule has 0 saturated carbocycles. The number of carbonyl (C=O) groups excluding carboxylic acids is 1. The third-order valence-corrected chi connectivity index (χ3v) is 3.90. The van der Waals surface area contributed by atoms with Crippen LogP contribution in [-0.4, -0.2) is 23.9 Å². The van der Waals surface area contributed by atoms with E-state index in [1.54, 1.807) is 43.5 Å². The molecule has 0 aliphatic heterocycles. The minimum Gasteiger partial charge on any atom is -0.467 e. The summed E-state index contributed by atoms with van der Waals surface area (Å²) in [7, 11) is 0. The van der Waals surface area contributed by atoms with Crippen LogP contribution in [0.3, 0.4) is 0 Å². The van der Waals surface area contributed by atoms with E-state index < -0.39 is 0 Å². The Balaban J connectivity index is 1.52. The molecular formula is C20H19N3O4S. The molecule has 7 nitrogen and oxygen atoms in total. The number of rotatable bonds is 7. The number of hydrazone groups is 1. The van der Waals surface area contributed by atoms with Gasteiger partial charge in [0, 0.05) is 5.56 Å². The zero-order chi connectivity index (χ0) is 19.8. The second kappa shape index (κ2) is 9.52. The highest BCUT2D eigenvalue weighted by atomic mass is 32.1. The molecule has 0 fully saturated rings. The maximum absolute atomic E-state index is 11.7. The highest BCUT2D eigenvalue weighted by Crippen LogP contribution is 2.22. The van der Waals surface area contributed by atoms with Crippen molar-refractivity contribution in [1.82, 2.24) is 10.7 Å². The number of thiocarbonyl (C=S) groups is 1. The molecule has 3 rings (SSSR count). The molecule has 0 spiro atoms. The van der Waals surface area contributed by atoms with Crippen LogP contribution in [0.15, 0.2) is 68.7 Å². The molecule has 0 atom stereocenters. The van der Waals surface area contributed by atoms with Crippen LogP contribution in [0.2, 0.25) is 0 Å². The van der Waals surface area contributed by atoms with Crippen molar-refractivity contribution in [2.24, 2.45) is 5.10 Å².